The van der Waals surface area contributed by atoms with Crippen molar-refractivity contribution in [1.29, 1.82) is 0 Å². The molecule has 0 aliphatic carbocycles. The largest absolute Gasteiger partial charge is 0.375 e. The fourth-order valence-electron chi connectivity index (χ4n) is 0.330. The predicted molar refractivity (Wildman–Crippen MR) is 50.6 cm³/mol. The van der Waals surface area contributed by atoms with Crippen LogP contribution in [0.25, 0.3) is 0 Å². The van der Waals surface area contributed by atoms with Crippen LogP contribution < -0.4 is 16.6 Å². The highest BCUT2D eigenvalue weighted by molar-refractivity contribution is 7.80. The van der Waals surface area contributed by atoms with Crippen molar-refractivity contribution in [3.63, 3.8) is 0 Å². The van der Waals surface area contributed by atoms with Gasteiger partial charge < -0.3 is 11.2 Å². The number of rotatable bonds is 3. The average Bonchev–Trinajstić information content (AvgIpc) is 1.97. The van der Waals surface area contributed by atoms with E-state index in [1.54, 1.807) is 20.2 Å². The number of nitrogens with one attached hydrogen (secondary N) is 2. The lowest BCUT2D eigenvalue weighted by Crippen LogP contribution is -2.25. The molecule has 0 radical (unpaired) electrons. The van der Waals surface area contributed by atoms with Crippen LogP contribution in [0.3, 0.4) is 0 Å². The Labute approximate surface area is 70.7 Å². The lowest BCUT2D eigenvalue weighted by molar-refractivity contribution is 0.909. The summed E-state index contributed by atoms with van der Waals surface area (Å²) in [5.41, 5.74) is 10.8. The Bertz CT molecular complexity index is 185. The van der Waals surface area contributed by atoms with Crippen molar-refractivity contribution < 1.29 is 0 Å². The molecular formula is C5H11N5S. The van der Waals surface area contributed by atoms with Crippen LogP contribution in [-0.4, -0.2) is 24.1 Å². The van der Waals surface area contributed by atoms with E-state index < -0.39 is 0 Å². The molecule has 0 atom stereocenters. The molecule has 0 amide bonds. The SMILES string of the molecule is CNN=CC(C)=NNC(N)=S. The third-order valence-corrected chi connectivity index (χ3v) is 0.814. The molecule has 6 heteroatoms. The maximum atomic E-state index is 5.12. The number of nitrogens with two attached hydrogens (primary N) is 1. The second-order valence-corrected chi connectivity index (χ2v) is 2.15. The topological polar surface area (TPSA) is 74.8 Å². The molecule has 0 aromatic carbocycles. The summed E-state index contributed by atoms with van der Waals surface area (Å²) in [6, 6.07) is 0. The summed E-state index contributed by atoms with van der Waals surface area (Å²) >= 11 is 4.53. The van der Waals surface area contributed by atoms with Gasteiger partial charge in [-0.25, -0.2) is 0 Å². The van der Waals surface area contributed by atoms with Gasteiger partial charge in [0.2, 0.25) is 0 Å². The van der Waals surface area contributed by atoms with Crippen molar-refractivity contribution in [3.05, 3.63) is 0 Å². The monoisotopic (exact) mass is 173 g/mol. The Kier molecular flexibility index (Phi) is 5.01. The minimum Gasteiger partial charge on any atom is -0.375 e. The first-order valence-corrected chi connectivity index (χ1v) is 3.37. The lowest BCUT2D eigenvalue weighted by atomic mass is 10.5. The third kappa shape index (κ3) is 6.72. The summed E-state index contributed by atoms with van der Waals surface area (Å²) in [5.74, 6) is 0. The molecule has 5 nitrogen and oxygen atoms in total. The Morgan fingerprint density at radius 3 is 2.73 bits per heavy atom. The van der Waals surface area contributed by atoms with Gasteiger partial charge in [-0.1, -0.05) is 0 Å². The van der Waals surface area contributed by atoms with Gasteiger partial charge in [-0.15, -0.1) is 0 Å². The zero-order chi connectivity index (χ0) is 8.69. The number of hydrogen-bond acceptors (Lipinski definition) is 4. The Hall–Kier alpha value is -1.17. The van der Waals surface area contributed by atoms with Gasteiger partial charge in [0.05, 0.1) is 11.9 Å². The first kappa shape index (κ1) is 9.83. The maximum absolute atomic E-state index is 5.12. The second-order valence-electron chi connectivity index (χ2n) is 1.71. The van der Waals surface area contributed by atoms with Gasteiger partial charge in [-0.05, 0) is 19.1 Å². The summed E-state index contributed by atoms with van der Waals surface area (Å²) in [4.78, 5) is 0. The Morgan fingerprint density at radius 1 is 1.64 bits per heavy atom. The molecule has 0 spiro atoms. The first-order chi connectivity index (χ1) is 5.16. The molecular weight excluding hydrogens is 162 g/mol. The molecule has 0 saturated carbocycles. The summed E-state index contributed by atoms with van der Waals surface area (Å²) in [5, 5.41) is 7.63. The highest BCUT2D eigenvalue weighted by atomic mass is 32.1. The van der Waals surface area contributed by atoms with Gasteiger partial charge >= 0.3 is 0 Å². The molecule has 0 saturated heterocycles. The lowest BCUT2D eigenvalue weighted by Gasteiger charge is -1.94. The van der Waals surface area contributed by atoms with Gasteiger partial charge in [0.1, 0.15) is 0 Å². The number of thiocarbonyl (C=S) groups is 1. The van der Waals surface area contributed by atoms with Crippen LogP contribution in [0.2, 0.25) is 0 Å². The van der Waals surface area contributed by atoms with Crippen molar-refractivity contribution >= 4 is 29.3 Å². The van der Waals surface area contributed by atoms with Gasteiger partial charge in [-0.2, -0.15) is 10.2 Å². The van der Waals surface area contributed by atoms with E-state index in [2.05, 4.69) is 33.3 Å². The molecule has 0 bridgehead atoms. The molecule has 0 heterocycles. The minimum atomic E-state index is 0.141. The number of nitrogens with zero attached hydrogens (tertiary/aromatic N) is 2. The zero-order valence-electron chi connectivity index (χ0n) is 6.46. The minimum absolute atomic E-state index is 0.141. The van der Waals surface area contributed by atoms with Crippen LogP contribution in [0, 0.1) is 0 Å². The predicted octanol–water partition coefficient (Wildman–Crippen LogP) is -0.599. The van der Waals surface area contributed by atoms with Crippen molar-refractivity contribution in [2.45, 2.75) is 6.92 Å². The maximum Gasteiger partial charge on any atom is 0.184 e. The molecule has 62 valence electrons. The van der Waals surface area contributed by atoms with Gasteiger partial charge in [0.25, 0.3) is 0 Å². The van der Waals surface area contributed by atoms with Crippen molar-refractivity contribution in [2.75, 3.05) is 7.05 Å². The highest BCUT2D eigenvalue weighted by Gasteiger charge is 1.84. The van der Waals surface area contributed by atoms with E-state index in [-0.39, 0.29) is 5.11 Å². The third-order valence-electron chi connectivity index (χ3n) is 0.723. The van der Waals surface area contributed by atoms with E-state index in [0.29, 0.717) is 5.71 Å². The van der Waals surface area contributed by atoms with Crippen LogP contribution in [0.1, 0.15) is 6.92 Å². The van der Waals surface area contributed by atoms with Gasteiger partial charge in [0.15, 0.2) is 5.11 Å². The molecule has 0 aromatic rings. The van der Waals surface area contributed by atoms with E-state index >= 15 is 0 Å². The molecule has 11 heavy (non-hydrogen) atoms. The van der Waals surface area contributed by atoms with E-state index in [4.69, 9.17) is 5.73 Å². The second kappa shape index (κ2) is 5.60. The molecule has 0 unspecified atom stereocenters. The Balaban J connectivity index is 3.81. The summed E-state index contributed by atoms with van der Waals surface area (Å²) < 4.78 is 0. The van der Waals surface area contributed by atoms with Crippen molar-refractivity contribution in [3.8, 4) is 0 Å². The fourth-order valence-corrected chi connectivity index (χ4v) is 0.376. The van der Waals surface area contributed by atoms with Crippen molar-refractivity contribution in [2.24, 2.45) is 15.9 Å². The summed E-state index contributed by atoms with van der Waals surface area (Å²) in [6.07, 6.45) is 1.55. The standard InChI is InChI=1S/C5H11N5S/c1-4(3-8-7-2)9-10-5(6)11/h3,7H,1-2H3,(H3,6,10,11). The van der Waals surface area contributed by atoms with Gasteiger partial charge in [0, 0.05) is 7.05 Å². The van der Waals surface area contributed by atoms with Crippen LogP contribution in [0.4, 0.5) is 0 Å². The van der Waals surface area contributed by atoms with Crippen LogP contribution in [0.5, 0.6) is 0 Å². The molecule has 4 N–H and O–H groups in total. The first-order valence-electron chi connectivity index (χ1n) is 2.96. The fraction of sp³-hybridized carbons (Fsp3) is 0.400. The van der Waals surface area contributed by atoms with Gasteiger partial charge in [-0.3, -0.25) is 5.43 Å². The Morgan fingerprint density at radius 2 is 2.27 bits per heavy atom. The van der Waals surface area contributed by atoms with E-state index in [1.165, 1.54) is 0 Å². The number of hydrogen-bond donors (Lipinski definition) is 3. The molecule has 0 aliphatic rings. The average molecular weight is 173 g/mol. The number of hydrazone groups is 2. The normalized spacial score (nSPS) is 11.6. The van der Waals surface area contributed by atoms with Crippen LogP contribution >= 0.6 is 12.2 Å². The van der Waals surface area contributed by atoms with E-state index in [1.807, 2.05) is 0 Å². The molecule has 0 fully saturated rings. The summed E-state index contributed by atoms with van der Waals surface area (Å²) in [7, 11) is 1.70. The van der Waals surface area contributed by atoms with Crippen LogP contribution in [-0.2, 0) is 0 Å². The van der Waals surface area contributed by atoms with Crippen molar-refractivity contribution in [1.82, 2.24) is 10.9 Å². The quantitative estimate of drug-likeness (QED) is 0.303. The highest BCUT2D eigenvalue weighted by Crippen LogP contribution is 1.69. The van der Waals surface area contributed by atoms with E-state index in [0.717, 1.165) is 0 Å². The van der Waals surface area contributed by atoms with Crippen LogP contribution in [0.15, 0.2) is 10.2 Å². The molecule has 0 aliphatic heterocycles. The molecule has 0 rings (SSSR count). The zero-order valence-corrected chi connectivity index (χ0v) is 7.27. The van der Waals surface area contributed by atoms with E-state index in [9.17, 15) is 0 Å². The summed E-state index contributed by atoms with van der Waals surface area (Å²) in [6.45, 7) is 1.77. The smallest absolute Gasteiger partial charge is 0.184 e. The molecule has 0 aromatic heterocycles.